The van der Waals surface area contributed by atoms with Crippen LogP contribution < -0.4 is 0 Å². The summed E-state index contributed by atoms with van der Waals surface area (Å²) in [4.78, 5) is 2.34. The number of morpholine rings is 1. The van der Waals surface area contributed by atoms with Gasteiger partial charge in [-0.3, -0.25) is 4.90 Å². The van der Waals surface area contributed by atoms with Crippen molar-refractivity contribution < 1.29 is 9.84 Å². The first-order valence-electron chi connectivity index (χ1n) is 7.16. The molecule has 104 valence electrons. The van der Waals surface area contributed by atoms with Crippen LogP contribution in [-0.2, 0) is 16.8 Å². The number of fused-ring (bicyclic) bond motifs is 2. The van der Waals surface area contributed by atoms with Crippen LogP contribution >= 0.6 is 0 Å². The van der Waals surface area contributed by atoms with Crippen LogP contribution in [0.15, 0.2) is 24.3 Å². The van der Waals surface area contributed by atoms with Crippen molar-refractivity contribution in [3.63, 3.8) is 0 Å². The molecular weight excluding hydrogens is 238 g/mol. The molecule has 19 heavy (non-hydrogen) atoms. The highest BCUT2D eigenvalue weighted by Crippen LogP contribution is 2.42. The quantitative estimate of drug-likeness (QED) is 0.883. The Morgan fingerprint density at radius 3 is 2.95 bits per heavy atom. The van der Waals surface area contributed by atoms with Crippen LogP contribution in [0.25, 0.3) is 0 Å². The number of aryl methyl sites for hydroxylation is 1. The number of aliphatic hydroxyl groups is 1. The second-order valence-corrected chi connectivity index (χ2v) is 6.52. The first-order chi connectivity index (χ1) is 8.99. The Balaban J connectivity index is 1.82. The summed E-state index contributed by atoms with van der Waals surface area (Å²) in [5.41, 5.74) is 2.00. The maximum atomic E-state index is 10.0. The smallest absolute Gasteiger partial charge is 0.106 e. The number of benzene rings is 1. The topological polar surface area (TPSA) is 32.7 Å². The summed E-state index contributed by atoms with van der Waals surface area (Å²) in [6, 6.07) is 8.62. The van der Waals surface area contributed by atoms with E-state index in [9.17, 15) is 5.11 Å². The van der Waals surface area contributed by atoms with Crippen LogP contribution in [0.5, 0.6) is 0 Å². The zero-order valence-electron chi connectivity index (χ0n) is 11.9. The third-order valence-corrected chi connectivity index (χ3v) is 4.18. The van der Waals surface area contributed by atoms with E-state index in [0.717, 1.165) is 32.5 Å². The van der Waals surface area contributed by atoms with Crippen molar-refractivity contribution in [3.8, 4) is 0 Å². The number of rotatable bonds is 2. The van der Waals surface area contributed by atoms with Gasteiger partial charge >= 0.3 is 0 Å². The Labute approximate surface area is 115 Å². The molecule has 3 heteroatoms. The van der Waals surface area contributed by atoms with Crippen LogP contribution in [0, 0.1) is 0 Å². The van der Waals surface area contributed by atoms with Gasteiger partial charge in [-0.25, -0.2) is 0 Å². The first kappa shape index (κ1) is 13.1. The second-order valence-electron chi connectivity index (χ2n) is 6.52. The third-order valence-electron chi connectivity index (χ3n) is 4.18. The molecule has 3 nitrogen and oxygen atoms in total. The molecule has 1 unspecified atom stereocenters. The van der Waals surface area contributed by atoms with Gasteiger partial charge in [-0.05, 0) is 37.8 Å². The van der Waals surface area contributed by atoms with Crippen molar-refractivity contribution in [2.24, 2.45) is 0 Å². The largest absolute Gasteiger partial charge is 0.389 e. The lowest BCUT2D eigenvalue weighted by atomic mass is 9.93. The SMILES string of the molecule is CC(C)(O)CN1CCOC2(CCc3ccccc32)C1. The van der Waals surface area contributed by atoms with Crippen LogP contribution in [0.1, 0.15) is 31.4 Å². The fraction of sp³-hybridized carbons (Fsp3) is 0.625. The predicted octanol–water partition coefficient (Wildman–Crippen LogP) is 1.93. The lowest BCUT2D eigenvalue weighted by molar-refractivity contribution is -0.125. The molecule has 1 aromatic rings. The van der Waals surface area contributed by atoms with E-state index in [2.05, 4.69) is 29.2 Å². The molecule has 1 saturated heterocycles. The predicted molar refractivity (Wildman–Crippen MR) is 75.1 cm³/mol. The molecule has 0 aromatic heterocycles. The summed E-state index contributed by atoms with van der Waals surface area (Å²) >= 11 is 0. The standard InChI is InChI=1S/C16H23NO2/c1-15(2,18)11-17-9-10-19-16(12-17)8-7-13-5-3-4-6-14(13)16/h3-6,18H,7-12H2,1-2H3. The monoisotopic (exact) mass is 261 g/mol. The Hall–Kier alpha value is -0.900. The molecule has 1 aromatic carbocycles. The van der Waals surface area contributed by atoms with Gasteiger partial charge in [0.25, 0.3) is 0 Å². The highest BCUT2D eigenvalue weighted by atomic mass is 16.5. The van der Waals surface area contributed by atoms with Gasteiger partial charge in [-0.2, -0.15) is 0 Å². The lowest BCUT2D eigenvalue weighted by Gasteiger charge is -2.42. The van der Waals surface area contributed by atoms with E-state index in [1.165, 1.54) is 11.1 Å². The van der Waals surface area contributed by atoms with E-state index >= 15 is 0 Å². The average molecular weight is 261 g/mol. The Kier molecular flexibility index (Phi) is 3.16. The van der Waals surface area contributed by atoms with Crippen molar-refractivity contribution >= 4 is 0 Å². The minimum Gasteiger partial charge on any atom is -0.389 e. The van der Waals surface area contributed by atoms with E-state index in [-0.39, 0.29) is 5.60 Å². The van der Waals surface area contributed by atoms with E-state index in [4.69, 9.17) is 4.74 Å². The highest BCUT2D eigenvalue weighted by molar-refractivity contribution is 5.38. The van der Waals surface area contributed by atoms with Gasteiger partial charge in [0.2, 0.25) is 0 Å². The molecule has 1 heterocycles. The van der Waals surface area contributed by atoms with Gasteiger partial charge in [-0.15, -0.1) is 0 Å². The van der Waals surface area contributed by atoms with Crippen molar-refractivity contribution in [2.75, 3.05) is 26.2 Å². The summed E-state index contributed by atoms with van der Waals surface area (Å²) in [7, 11) is 0. The molecule has 3 rings (SSSR count). The Morgan fingerprint density at radius 2 is 2.16 bits per heavy atom. The lowest BCUT2D eigenvalue weighted by Crippen LogP contribution is -2.52. The molecule has 0 radical (unpaired) electrons. The first-order valence-corrected chi connectivity index (χ1v) is 7.16. The van der Waals surface area contributed by atoms with Gasteiger partial charge in [0, 0.05) is 19.6 Å². The molecule has 2 aliphatic rings. The van der Waals surface area contributed by atoms with Crippen molar-refractivity contribution in [1.29, 1.82) is 0 Å². The highest BCUT2D eigenvalue weighted by Gasteiger charge is 2.43. The van der Waals surface area contributed by atoms with Crippen LogP contribution in [0.2, 0.25) is 0 Å². The maximum absolute atomic E-state index is 10.0. The maximum Gasteiger partial charge on any atom is 0.106 e. The molecule has 0 saturated carbocycles. The molecule has 1 atom stereocenters. The Bertz CT molecular complexity index is 462. The summed E-state index contributed by atoms with van der Waals surface area (Å²) in [6.45, 7) is 7.02. The zero-order chi connectivity index (χ0) is 13.5. The van der Waals surface area contributed by atoms with Gasteiger partial charge in [0.15, 0.2) is 0 Å². The molecule has 1 N–H and O–H groups in total. The summed E-state index contributed by atoms with van der Waals surface area (Å²) in [6.07, 6.45) is 2.17. The zero-order valence-corrected chi connectivity index (χ0v) is 11.9. The fourth-order valence-corrected chi connectivity index (χ4v) is 3.51. The normalized spacial score (nSPS) is 27.7. The molecule has 1 aliphatic heterocycles. The third kappa shape index (κ3) is 2.55. The summed E-state index contributed by atoms with van der Waals surface area (Å²) in [5, 5.41) is 10.0. The molecule has 1 fully saturated rings. The van der Waals surface area contributed by atoms with E-state index < -0.39 is 5.60 Å². The number of β-amino-alcohol motifs (C(OH)–C–C–N with tert-alkyl or cyclic N) is 1. The van der Waals surface area contributed by atoms with Crippen molar-refractivity contribution in [2.45, 2.75) is 37.9 Å². The van der Waals surface area contributed by atoms with Gasteiger partial charge in [0.05, 0.1) is 12.2 Å². The van der Waals surface area contributed by atoms with E-state index in [1.807, 2.05) is 13.8 Å². The summed E-state index contributed by atoms with van der Waals surface area (Å²) < 4.78 is 6.17. The van der Waals surface area contributed by atoms with E-state index in [0.29, 0.717) is 6.54 Å². The summed E-state index contributed by atoms with van der Waals surface area (Å²) in [5.74, 6) is 0. The van der Waals surface area contributed by atoms with Crippen LogP contribution in [0.3, 0.4) is 0 Å². The molecule has 0 amide bonds. The van der Waals surface area contributed by atoms with Gasteiger partial charge < -0.3 is 9.84 Å². The van der Waals surface area contributed by atoms with Crippen molar-refractivity contribution in [3.05, 3.63) is 35.4 Å². The van der Waals surface area contributed by atoms with Gasteiger partial charge in [0.1, 0.15) is 5.60 Å². The molecule has 0 bridgehead atoms. The van der Waals surface area contributed by atoms with Crippen LogP contribution in [0.4, 0.5) is 0 Å². The second kappa shape index (κ2) is 4.58. The number of ether oxygens (including phenoxy) is 1. The fourth-order valence-electron chi connectivity index (χ4n) is 3.51. The molecular formula is C16H23NO2. The molecule has 1 aliphatic carbocycles. The van der Waals surface area contributed by atoms with Crippen molar-refractivity contribution in [1.82, 2.24) is 4.90 Å². The molecule has 1 spiro atoms. The van der Waals surface area contributed by atoms with E-state index in [1.54, 1.807) is 0 Å². The van der Waals surface area contributed by atoms with Gasteiger partial charge in [-0.1, -0.05) is 24.3 Å². The van der Waals surface area contributed by atoms with Crippen LogP contribution in [-0.4, -0.2) is 41.8 Å². The number of hydrogen-bond acceptors (Lipinski definition) is 3. The Morgan fingerprint density at radius 1 is 1.37 bits per heavy atom. The minimum absolute atomic E-state index is 0.139. The minimum atomic E-state index is -0.642. The average Bonchev–Trinajstić information content (AvgIpc) is 2.67. The number of nitrogens with zero attached hydrogens (tertiary/aromatic N) is 1. The number of hydrogen-bond donors (Lipinski definition) is 1.